The number of carboxylic acids is 1. The summed E-state index contributed by atoms with van der Waals surface area (Å²) in [6.45, 7) is 0. The number of benzene rings is 2. The molecule has 2 N–H and O–H groups in total. The van der Waals surface area contributed by atoms with Crippen molar-refractivity contribution in [1.29, 1.82) is 0 Å². The molecular formula is C14H9FN2O2S. The van der Waals surface area contributed by atoms with E-state index < -0.39 is 11.8 Å². The third-order valence-electron chi connectivity index (χ3n) is 2.75. The lowest BCUT2D eigenvalue weighted by molar-refractivity contribution is 0.0692. The Labute approximate surface area is 117 Å². The van der Waals surface area contributed by atoms with E-state index in [1.807, 2.05) is 24.3 Å². The molecule has 0 fully saturated rings. The third-order valence-corrected chi connectivity index (χ3v) is 3.71. The number of fused-ring (bicyclic) bond motifs is 1. The van der Waals surface area contributed by atoms with Gasteiger partial charge in [0.15, 0.2) is 5.16 Å². The molecule has 0 saturated carbocycles. The number of aromatic nitrogens is 2. The predicted molar refractivity (Wildman–Crippen MR) is 73.6 cm³/mol. The van der Waals surface area contributed by atoms with Gasteiger partial charge in [-0.1, -0.05) is 23.9 Å². The van der Waals surface area contributed by atoms with Crippen molar-refractivity contribution in [2.45, 2.75) is 10.1 Å². The number of nitrogens with zero attached hydrogens (tertiary/aromatic N) is 1. The van der Waals surface area contributed by atoms with Gasteiger partial charge < -0.3 is 10.1 Å². The molecule has 3 rings (SSSR count). The number of aromatic carboxylic acids is 1. The maximum Gasteiger partial charge on any atom is 0.336 e. The van der Waals surface area contributed by atoms with Crippen LogP contribution in [0.2, 0.25) is 0 Å². The molecule has 0 aliphatic rings. The smallest absolute Gasteiger partial charge is 0.336 e. The molecule has 0 amide bonds. The molecule has 0 radical (unpaired) electrons. The summed E-state index contributed by atoms with van der Waals surface area (Å²) in [5, 5.41) is 9.67. The SMILES string of the molecule is O=C(O)c1cc(F)ccc1Sc1nc2ccccc2[nH]1. The number of hydrogen-bond donors (Lipinski definition) is 2. The van der Waals surface area contributed by atoms with Gasteiger partial charge in [0.25, 0.3) is 0 Å². The van der Waals surface area contributed by atoms with Crippen LogP contribution >= 0.6 is 11.8 Å². The van der Waals surface area contributed by atoms with Crippen LogP contribution in [0, 0.1) is 5.82 Å². The van der Waals surface area contributed by atoms with Crippen LogP contribution in [0.15, 0.2) is 52.5 Å². The van der Waals surface area contributed by atoms with Crippen LogP contribution in [-0.4, -0.2) is 21.0 Å². The first-order valence-corrected chi connectivity index (χ1v) is 6.60. The van der Waals surface area contributed by atoms with Crippen LogP contribution in [0.4, 0.5) is 4.39 Å². The Balaban J connectivity index is 2.00. The first-order valence-electron chi connectivity index (χ1n) is 5.79. The molecule has 4 nitrogen and oxygen atoms in total. The second-order valence-corrected chi connectivity index (χ2v) is 5.14. The van der Waals surface area contributed by atoms with Crippen molar-refractivity contribution in [1.82, 2.24) is 9.97 Å². The van der Waals surface area contributed by atoms with E-state index >= 15 is 0 Å². The molecule has 0 bridgehead atoms. The summed E-state index contributed by atoms with van der Waals surface area (Å²) >= 11 is 1.16. The Morgan fingerprint density at radius 2 is 2.05 bits per heavy atom. The summed E-state index contributed by atoms with van der Waals surface area (Å²) in [6, 6.07) is 11.2. The fourth-order valence-corrected chi connectivity index (χ4v) is 2.75. The highest BCUT2D eigenvalue weighted by molar-refractivity contribution is 7.99. The highest BCUT2D eigenvalue weighted by Crippen LogP contribution is 2.30. The fraction of sp³-hybridized carbons (Fsp3) is 0. The van der Waals surface area contributed by atoms with Gasteiger partial charge in [0.05, 0.1) is 16.6 Å². The third kappa shape index (κ3) is 2.37. The summed E-state index contributed by atoms with van der Waals surface area (Å²) in [5.41, 5.74) is 1.60. The molecule has 6 heteroatoms. The molecule has 100 valence electrons. The normalized spacial score (nSPS) is 10.8. The Morgan fingerprint density at radius 1 is 1.25 bits per heavy atom. The van der Waals surface area contributed by atoms with Crippen LogP contribution in [0.5, 0.6) is 0 Å². The lowest BCUT2D eigenvalue weighted by atomic mass is 10.2. The van der Waals surface area contributed by atoms with Gasteiger partial charge in [0.2, 0.25) is 0 Å². The number of aromatic amines is 1. The first kappa shape index (κ1) is 12.7. The molecule has 0 spiro atoms. The zero-order chi connectivity index (χ0) is 14.1. The molecule has 3 aromatic rings. The summed E-state index contributed by atoms with van der Waals surface area (Å²) in [6.07, 6.45) is 0. The highest BCUT2D eigenvalue weighted by atomic mass is 32.2. The van der Waals surface area contributed by atoms with Crippen molar-refractivity contribution in [2.24, 2.45) is 0 Å². The summed E-state index contributed by atoms with van der Waals surface area (Å²) in [4.78, 5) is 19.0. The number of carboxylic acid groups (broad SMARTS) is 1. The van der Waals surface area contributed by atoms with E-state index in [2.05, 4.69) is 9.97 Å². The van der Waals surface area contributed by atoms with Crippen LogP contribution < -0.4 is 0 Å². The molecule has 1 aromatic heterocycles. The number of para-hydroxylation sites is 2. The Kier molecular flexibility index (Phi) is 3.15. The minimum Gasteiger partial charge on any atom is -0.478 e. The van der Waals surface area contributed by atoms with E-state index in [1.54, 1.807) is 0 Å². The van der Waals surface area contributed by atoms with E-state index in [0.29, 0.717) is 10.1 Å². The van der Waals surface area contributed by atoms with Crippen molar-refractivity contribution in [3.05, 3.63) is 53.8 Å². The van der Waals surface area contributed by atoms with Gasteiger partial charge in [-0.2, -0.15) is 0 Å². The molecular weight excluding hydrogens is 279 g/mol. The van der Waals surface area contributed by atoms with Crippen molar-refractivity contribution in [2.75, 3.05) is 0 Å². The van der Waals surface area contributed by atoms with E-state index in [0.717, 1.165) is 28.9 Å². The van der Waals surface area contributed by atoms with Crippen molar-refractivity contribution >= 4 is 28.8 Å². The molecule has 20 heavy (non-hydrogen) atoms. The summed E-state index contributed by atoms with van der Waals surface area (Å²) in [5.74, 6) is -1.74. The zero-order valence-electron chi connectivity index (χ0n) is 10.1. The molecule has 0 unspecified atom stereocenters. The maximum atomic E-state index is 13.1. The van der Waals surface area contributed by atoms with E-state index in [-0.39, 0.29) is 5.56 Å². The molecule has 0 aliphatic heterocycles. The monoisotopic (exact) mass is 288 g/mol. The van der Waals surface area contributed by atoms with Crippen molar-refractivity contribution in [3.8, 4) is 0 Å². The van der Waals surface area contributed by atoms with Crippen molar-refractivity contribution in [3.63, 3.8) is 0 Å². The summed E-state index contributed by atoms with van der Waals surface area (Å²) < 4.78 is 13.1. The maximum absolute atomic E-state index is 13.1. The van der Waals surface area contributed by atoms with Crippen molar-refractivity contribution < 1.29 is 14.3 Å². The number of halogens is 1. The quantitative estimate of drug-likeness (QED) is 0.773. The van der Waals surface area contributed by atoms with Gasteiger partial charge in [-0.3, -0.25) is 0 Å². The zero-order valence-corrected chi connectivity index (χ0v) is 10.9. The van der Waals surface area contributed by atoms with Crippen LogP contribution in [0.3, 0.4) is 0 Å². The fourth-order valence-electron chi connectivity index (χ4n) is 1.84. The van der Waals surface area contributed by atoms with E-state index in [1.165, 1.54) is 12.1 Å². The topological polar surface area (TPSA) is 66.0 Å². The number of nitrogens with one attached hydrogen (secondary N) is 1. The largest absolute Gasteiger partial charge is 0.478 e. The van der Waals surface area contributed by atoms with E-state index in [4.69, 9.17) is 5.11 Å². The second kappa shape index (κ2) is 4.97. The van der Waals surface area contributed by atoms with Gasteiger partial charge in [-0.15, -0.1) is 0 Å². The summed E-state index contributed by atoms with van der Waals surface area (Å²) in [7, 11) is 0. The number of H-pyrrole nitrogens is 1. The standard InChI is InChI=1S/C14H9FN2O2S/c15-8-5-6-12(9(7-8)13(18)19)20-14-16-10-3-1-2-4-11(10)17-14/h1-7H,(H,16,17)(H,18,19). The molecule has 0 aliphatic carbocycles. The molecule has 1 heterocycles. The number of hydrogen-bond acceptors (Lipinski definition) is 3. The van der Waals surface area contributed by atoms with Gasteiger partial charge >= 0.3 is 5.97 Å². The minimum absolute atomic E-state index is 0.0737. The first-order chi connectivity index (χ1) is 9.63. The average molecular weight is 288 g/mol. The lowest BCUT2D eigenvalue weighted by Gasteiger charge is -2.03. The minimum atomic E-state index is -1.16. The lowest BCUT2D eigenvalue weighted by Crippen LogP contribution is -1.99. The van der Waals surface area contributed by atoms with E-state index in [9.17, 15) is 9.18 Å². The molecule has 0 saturated heterocycles. The van der Waals surface area contributed by atoms with Crippen LogP contribution in [-0.2, 0) is 0 Å². The Bertz CT molecular complexity index is 768. The van der Waals surface area contributed by atoms with Crippen LogP contribution in [0.1, 0.15) is 10.4 Å². The number of rotatable bonds is 3. The Hall–Kier alpha value is -2.34. The number of imidazole rings is 1. The predicted octanol–water partition coefficient (Wildman–Crippen LogP) is 3.55. The van der Waals surface area contributed by atoms with Gasteiger partial charge in [0.1, 0.15) is 5.82 Å². The average Bonchev–Trinajstić information content (AvgIpc) is 2.82. The molecule has 0 atom stereocenters. The van der Waals surface area contributed by atoms with Gasteiger partial charge in [-0.05, 0) is 30.3 Å². The van der Waals surface area contributed by atoms with Gasteiger partial charge in [-0.25, -0.2) is 14.2 Å². The Morgan fingerprint density at radius 3 is 2.80 bits per heavy atom. The highest BCUT2D eigenvalue weighted by Gasteiger charge is 2.14. The van der Waals surface area contributed by atoms with Crippen LogP contribution in [0.25, 0.3) is 11.0 Å². The molecule has 2 aromatic carbocycles. The number of carbonyl (C=O) groups is 1. The second-order valence-electron chi connectivity index (χ2n) is 4.11. The van der Waals surface area contributed by atoms with Gasteiger partial charge in [0, 0.05) is 4.90 Å².